The molecule has 0 spiro atoms. The average molecular weight is 308 g/mol. The minimum Gasteiger partial charge on any atom is -0.352 e. The number of benzene rings is 1. The Balaban J connectivity index is 3.00. The van der Waals surface area contributed by atoms with E-state index in [-0.39, 0.29) is 11.0 Å². The molecule has 1 amide bonds. The fraction of sp³-hybridized carbons (Fsp3) is 0.417. The Hall–Kier alpha value is -1.14. The van der Waals surface area contributed by atoms with Crippen molar-refractivity contribution in [2.75, 3.05) is 6.54 Å². The fourth-order valence-corrected chi connectivity index (χ4v) is 2.20. The van der Waals surface area contributed by atoms with Crippen molar-refractivity contribution in [3.63, 3.8) is 0 Å². The van der Waals surface area contributed by atoms with Gasteiger partial charge in [0.15, 0.2) is 0 Å². The van der Waals surface area contributed by atoms with E-state index in [1.807, 2.05) is 20.8 Å². The normalized spacial score (nSPS) is 12.3. The van der Waals surface area contributed by atoms with Crippen molar-refractivity contribution < 1.29 is 17.6 Å². The third kappa shape index (κ3) is 4.80. The van der Waals surface area contributed by atoms with E-state index in [9.17, 15) is 17.6 Å². The Morgan fingerprint density at radius 2 is 1.95 bits per heavy atom. The second-order valence-electron chi connectivity index (χ2n) is 5.33. The molecule has 0 radical (unpaired) electrons. The summed E-state index contributed by atoms with van der Waals surface area (Å²) >= 11 is 0. The van der Waals surface area contributed by atoms with E-state index in [2.05, 4.69) is 5.32 Å². The highest BCUT2D eigenvalue weighted by Gasteiger charge is 2.19. The van der Waals surface area contributed by atoms with Gasteiger partial charge >= 0.3 is 0 Å². The van der Waals surface area contributed by atoms with Crippen LogP contribution in [0.25, 0.3) is 0 Å². The predicted molar refractivity (Wildman–Crippen MR) is 71.2 cm³/mol. The molecule has 0 bridgehead atoms. The van der Waals surface area contributed by atoms with Crippen LogP contribution in [0.3, 0.4) is 0 Å². The van der Waals surface area contributed by atoms with Gasteiger partial charge in [-0.05, 0) is 23.6 Å². The number of hydrogen-bond acceptors (Lipinski definition) is 3. The lowest BCUT2D eigenvalue weighted by molar-refractivity contribution is 0.0939. The van der Waals surface area contributed by atoms with Crippen molar-refractivity contribution in [1.29, 1.82) is 0 Å². The Kier molecular flexibility index (Phi) is 4.58. The van der Waals surface area contributed by atoms with Gasteiger partial charge in [-0.1, -0.05) is 20.8 Å². The van der Waals surface area contributed by atoms with E-state index in [0.29, 0.717) is 6.54 Å². The number of halogens is 2. The summed E-state index contributed by atoms with van der Waals surface area (Å²) in [4.78, 5) is 11.1. The van der Waals surface area contributed by atoms with Crippen LogP contribution < -0.4 is 5.32 Å². The third-order valence-corrected chi connectivity index (χ3v) is 3.57. The van der Waals surface area contributed by atoms with Crippen LogP contribution in [0.5, 0.6) is 0 Å². The maximum atomic E-state index is 13.3. The van der Waals surface area contributed by atoms with Gasteiger partial charge in [-0.25, -0.2) is 12.8 Å². The zero-order chi connectivity index (χ0) is 14.8. The SMILES string of the molecule is CC(C)(C)CNC(=O)c1ccc(F)c(S(=O)(=O)Cl)c1. The van der Waals surface area contributed by atoms with Crippen LogP contribution >= 0.6 is 10.7 Å². The summed E-state index contributed by atoms with van der Waals surface area (Å²) in [7, 11) is 0.875. The number of carbonyl (C=O) groups excluding carboxylic acids is 1. The second kappa shape index (κ2) is 5.46. The summed E-state index contributed by atoms with van der Waals surface area (Å²) in [6.07, 6.45) is 0. The topological polar surface area (TPSA) is 63.2 Å². The quantitative estimate of drug-likeness (QED) is 0.873. The summed E-state index contributed by atoms with van der Waals surface area (Å²) in [6.45, 7) is 6.22. The molecule has 0 aromatic heterocycles. The lowest BCUT2D eigenvalue weighted by Crippen LogP contribution is -2.32. The van der Waals surface area contributed by atoms with E-state index in [4.69, 9.17) is 10.7 Å². The zero-order valence-corrected chi connectivity index (χ0v) is 12.4. The largest absolute Gasteiger partial charge is 0.352 e. The van der Waals surface area contributed by atoms with Crippen LogP contribution in [0.1, 0.15) is 31.1 Å². The van der Waals surface area contributed by atoms with Gasteiger partial charge in [-0.3, -0.25) is 4.79 Å². The maximum absolute atomic E-state index is 13.3. The number of nitrogens with one attached hydrogen (secondary N) is 1. The number of amides is 1. The summed E-state index contributed by atoms with van der Waals surface area (Å²) in [6, 6.07) is 3.04. The maximum Gasteiger partial charge on any atom is 0.264 e. The van der Waals surface area contributed by atoms with Crippen molar-refractivity contribution in [2.45, 2.75) is 25.7 Å². The average Bonchev–Trinajstić information content (AvgIpc) is 2.24. The van der Waals surface area contributed by atoms with Crippen molar-refractivity contribution in [1.82, 2.24) is 5.32 Å². The van der Waals surface area contributed by atoms with Crippen molar-refractivity contribution in [3.05, 3.63) is 29.6 Å². The standard InChI is InChI=1S/C12H15ClFNO3S/c1-12(2,3)7-15-11(16)8-4-5-9(14)10(6-8)19(13,17)18/h4-6H,7H2,1-3H3,(H,15,16). The van der Waals surface area contributed by atoms with Crippen LogP contribution in [-0.4, -0.2) is 20.9 Å². The first kappa shape index (κ1) is 15.9. The molecule has 1 aromatic rings. The molecular formula is C12H15ClFNO3S. The van der Waals surface area contributed by atoms with Crippen LogP contribution in [0.15, 0.2) is 23.1 Å². The molecule has 4 nitrogen and oxygen atoms in total. The lowest BCUT2D eigenvalue weighted by Gasteiger charge is -2.18. The lowest BCUT2D eigenvalue weighted by atomic mass is 9.97. The Labute approximate surface area is 116 Å². The molecule has 0 atom stereocenters. The molecule has 0 aliphatic heterocycles. The molecule has 0 unspecified atom stereocenters. The van der Waals surface area contributed by atoms with Gasteiger partial charge in [0, 0.05) is 22.8 Å². The molecule has 0 aliphatic rings. The number of carbonyl (C=O) groups is 1. The highest BCUT2D eigenvalue weighted by Crippen LogP contribution is 2.20. The smallest absolute Gasteiger partial charge is 0.264 e. The Morgan fingerprint density at radius 1 is 1.37 bits per heavy atom. The second-order valence-corrected chi connectivity index (χ2v) is 7.86. The van der Waals surface area contributed by atoms with E-state index >= 15 is 0 Å². The molecule has 1 aromatic carbocycles. The summed E-state index contributed by atoms with van der Waals surface area (Å²) in [5, 5.41) is 2.64. The Morgan fingerprint density at radius 3 is 2.42 bits per heavy atom. The van der Waals surface area contributed by atoms with Crippen LogP contribution in [0.2, 0.25) is 0 Å². The van der Waals surface area contributed by atoms with Crippen LogP contribution in [-0.2, 0) is 9.05 Å². The van der Waals surface area contributed by atoms with Gasteiger partial charge in [-0.15, -0.1) is 0 Å². The molecule has 1 rings (SSSR count). The summed E-state index contributed by atoms with van der Waals surface area (Å²) < 4.78 is 35.6. The molecule has 0 heterocycles. The highest BCUT2D eigenvalue weighted by molar-refractivity contribution is 8.13. The number of rotatable bonds is 3. The minimum absolute atomic E-state index is 0.0462. The molecule has 0 fully saturated rings. The molecule has 19 heavy (non-hydrogen) atoms. The van der Waals surface area contributed by atoms with E-state index in [1.165, 1.54) is 6.07 Å². The third-order valence-electron chi connectivity index (χ3n) is 2.24. The molecule has 0 aliphatic carbocycles. The molecule has 7 heteroatoms. The first-order valence-electron chi connectivity index (χ1n) is 5.53. The van der Waals surface area contributed by atoms with Crippen LogP contribution in [0.4, 0.5) is 4.39 Å². The van der Waals surface area contributed by atoms with Gasteiger partial charge in [0.05, 0.1) is 0 Å². The predicted octanol–water partition coefficient (Wildman–Crippen LogP) is 2.53. The molecule has 106 valence electrons. The van der Waals surface area contributed by atoms with Gasteiger partial charge in [0.2, 0.25) is 0 Å². The molecule has 0 saturated carbocycles. The first-order chi connectivity index (χ1) is 8.50. The van der Waals surface area contributed by atoms with Gasteiger partial charge in [0.25, 0.3) is 15.0 Å². The molecule has 0 saturated heterocycles. The molecular weight excluding hydrogens is 293 g/mol. The Bertz CT molecular complexity index is 593. The monoisotopic (exact) mass is 307 g/mol. The van der Waals surface area contributed by atoms with Gasteiger partial charge < -0.3 is 5.32 Å². The van der Waals surface area contributed by atoms with E-state index in [1.54, 1.807) is 0 Å². The van der Waals surface area contributed by atoms with Crippen molar-refractivity contribution in [2.24, 2.45) is 5.41 Å². The number of hydrogen-bond donors (Lipinski definition) is 1. The van der Waals surface area contributed by atoms with Crippen molar-refractivity contribution >= 4 is 25.6 Å². The highest BCUT2D eigenvalue weighted by atomic mass is 35.7. The van der Waals surface area contributed by atoms with Crippen molar-refractivity contribution in [3.8, 4) is 0 Å². The summed E-state index contributed by atoms with van der Waals surface area (Å²) in [5.74, 6) is -1.46. The van der Waals surface area contributed by atoms with E-state index in [0.717, 1.165) is 12.1 Å². The van der Waals surface area contributed by atoms with Crippen LogP contribution in [0, 0.1) is 11.2 Å². The fourth-order valence-electron chi connectivity index (χ4n) is 1.28. The van der Waals surface area contributed by atoms with Gasteiger partial charge in [0.1, 0.15) is 10.7 Å². The molecule has 1 N–H and O–H groups in total. The minimum atomic E-state index is -4.22. The summed E-state index contributed by atoms with van der Waals surface area (Å²) in [5.41, 5.74) is -0.0678. The zero-order valence-electron chi connectivity index (χ0n) is 10.8. The van der Waals surface area contributed by atoms with E-state index < -0.39 is 25.7 Å². The first-order valence-corrected chi connectivity index (χ1v) is 7.84. The van der Waals surface area contributed by atoms with Gasteiger partial charge in [-0.2, -0.15) is 0 Å².